The van der Waals surface area contributed by atoms with Gasteiger partial charge in [0.1, 0.15) is 0 Å². The smallest absolute Gasteiger partial charge is 0.185 e. The Morgan fingerprint density at radius 1 is 2.00 bits per heavy atom. The van der Waals surface area contributed by atoms with Crippen LogP contribution in [0.15, 0.2) is 0 Å². The molecule has 0 fully saturated rings. The summed E-state index contributed by atoms with van der Waals surface area (Å²) in [7, 11) is 0. The summed E-state index contributed by atoms with van der Waals surface area (Å²) in [6, 6.07) is 0. The standard InChI is InChI=1S/C3H7N2S/c1-2-5-3(4)6/h2H2,1H3,(H2,4,6). The van der Waals surface area contributed by atoms with Crippen molar-refractivity contribution in [2.45, 2.75) is 6.92 Å². The van der Waals surface area contributed by atoms with Crippen LogP contribution in [-0.2, 0) is 0 Å². The second-order valence-electron chi connectivity index (χ2n) is 0.813. The zero-order valence-corrected chi connectivity index (χ0v) is 4.46. The molecular formula is C3H7N2S. The van der Waals surface area contributed by atoms with E-state index in [9.17, 15) is 0 Å². The number of nitrogens with zero attached hydrogens (tertiary/aromatic N) is 1. The van der Waals surface area contributed by atoms with E-state index in [1.165, 1.54) is 0 Å². The highest BCUT2D eigenvalue weighted by Gasteiger charge is 1.77. The van der Waals surface area contributed by atoms with Gasteiger partial charge in [-0.2, -0.15) is 0 Å². The molecule has 1 radical (unpaired) electrons. The highest BCUT2D eigenvalue weighted by atomic mass is 32.1. The highest BCUT2D eigenvalue weighted by molar-refractivity contribution is 7.80. The largest absolute Gasteiger partial charge is 0.375 e. The van der Waals surface area contributed by atoms with Crippen molar-refractivity contribution in [2.24, 2.45) is 5.73 Å². The summed E-state index contributed by atoms with van der Waals surface area (Å²) in [4.78, 5) is 0. The van der Waals surface area contributed by atoms with E-state index in [0.29, 0.717) is 6.54 Å². The van der Waals surface area contributed by atoms with Crippen LogP contribution in [-0.4, -0.2) is 11.7 Å². The second kappa shape index (κ2) is 2.90. The van der Waals surface area contributed by atoms with Gasteiger partial charge in [0, 0.05) is 6.54 Å². The Kier molecular flexibility index (Phi) is 2.75. The minimum absolute atomic E-state index is 0.248. The Labute approximate surface area is 42.7 Å². The van der Waals surface area contributed by atoms with Gasteiger partial charge >= 0.3 is 0 Å². The monoisotopic (exact) mass is 103 g/mol. The summed E-state index contributed by atoms with van der Waals surface area (Å²) in [5, 5.41) is 3.88. The lowest BCUT2D eigenvalue weighted by molar-refractivity contribution is 0.956. The summed E-state index contributed by atoms with van der Waals surface area (Å²) >= 11 is 4.41. The van der Waals surface area contributed by atoms with Gasteiger partial charge < -0.3 is 5.73 Å². The highest BCUT2D eigenvalue weighted by Crippen LogP contribution is 1.57. The fourth-order valence-electron chi connectivity index (χ4n) is 0.156. The summed E-state index contributed by atoms with van der Waals surface area (Å²) < 4.78 is 0. The molecule has 35 valence electrons. The molecule has 0 bridgehead atoms. The summed E-state index contributed by atoms with van der Waals surface area (Å²) in [6.07, 6.45) is 0. The van der Waals surface area contributed by atoms with Crippen LogP contribution in [0.3, 0.4) is 0 Å². The average Bonchev–Trinajstić information content (AvgIpc) is 1.35. The van der Waals surface area contributed by atoms with E-state index in [4.69, 9.17) is 5.73 Å². The molecule has 0 saturated carbocycles. The van der Waals surface area contributed by atoms with Crippen molar-refractivity contribution in [3.63, 3.8) is 0 Å². The first-order chi connectivity index (χ1) is 2.77. The van der Waals surface area contributed by atoms with E-state index < -0.39 is 0 Å². The van der Waals surface area contributed by atoms with Crippen molar-refractivity contribution in [1.82, 2.24) is 5.32 Å². The number of thiocarbonyl (C=S) groups is 1. The van der Waals surface area contributed by atoms with Crippen LogP contribution in [0.5, 0.6) is 0 Å². The maximum absolute atomic E-state index is 4.97. The second-order valence-corrected chi connectivity index (χ2v) is 1.23. The van der Waals surface area contributed by atoms with Crippen LogP contribution in [0.25, 0.3) is 0 Å². The Morgan fingerprint density at radius 2 is 2.50 bits per heavy atom. The van der Waals surface area contributed by atoms with Crippen molar-refractivity contribution in [3.05, 3.63) is 0 Å². The molecule has 0 spiro atoms. The predicted molar refractivity (Wildman–Crippen MR) is 29.5 cm³/mol. The Bertz CT molecular complexity index is 52.8. The molecule has 0 aliphatic heterocycles. The van der Waals surface area contributed by atoms with E-state index in [1.54, 1.807) is 0 Å². The molecule has 0 unspecified atom stereocenters. The van der Waals surface area contributed by atoms with Crippen molar-refractivity contribution in [2.75, 3.05) is 6.54 Å². The third kappa shape index (κ3) is 3.69. The maximum atomic E-state index is 4.97. The number of rotatable bonds is 1. The molecule has 2 N–H and O–H groups in total. The molecule has 6 heavy (non-hydrogen) atoms. The molecule has 0 aliphatic rings. The van der Waals surface area contributed by atoms with Gasteiger partial charge in [-0.1, -0.05) is 0 Å². The van der Waals surface area contributed by atoms with Crippen molar-refractivity contribution >= 4 is 17.3 Å². The van der Waals surface area contributed by atoms with Gasteiger partial charge in [-0.15, -0.1) is 0 Å². The van der Waals surface area contributed by atoms with Crippen molar-refractivity contribution in [1.29, 1.82) is 0 Å². The fourth-order valence-corrected chi connectivity index (χ4v) is 0.285. The van der Waals surface area contributed by atoms with Crippen LogP contribution in [0.4, 0.5) is 0 Å². The topological polar surface area (TPSA) is 40.1 Å². The molecular weight excluding hydrogens is 96.1 g/mol. The maximum Gasteiger partial charge on any atom is 0.185 e. The Morgan fingerprint density at radius 3 is 2.50 bits per heavy atom. The van der Waals surface area contributed by atoms with Crippen LogP contribution in [0.2, 0.25) is 0 Å². The number of nitrogens with two attached hydrogens (primary N) is 1. The SMILES string of the molecule is CC[N]C(N)=S. The molecule has 0 rings (SSSR count). The molecule has 0 aromatic rings. The first kappa shape index (κ1) is 5.69. The lowest BCUT2D eigenvalue weighted by atomic mass is 10.8. The molecule has 0 saturated heterocycles. The van der Waals surface area contributed by atoms with Crippen LogP contribution in [0, 0.1) is 0 Å². The van der Waals surface area contributed by atoms with Gasteiger partial charge in [-0.3, -0.25) is 5.32 Å². The lowest BCUT2D eigenvalue weighted by Crippen LogP contribution is -2.21. The summed E-state index contributed by atoms with van der Waals surface area (Å²) in [5.41, 5.74) is 4.97. The molecule has 0 aliphatic carbocycles. The summed E-state index contributed by atoms with van der Waals surface area (Å²) in [6.45, 7) is 2.58. The molecule has 2 nitrogen and oxygen atoms in total. The average molecular weight is 103 g/mol. The van der Waals surface area contributed by atoms with E-state index in [0.717, 1.165) is 0 Å². The van der Waals surface area contributed by atoms with Gasteiger partial charge in [0.15, 0.2) is 5.11 Å². The third-order valence-corrected chi connectivity index (χ3v) is 0.443. The van der Waals surface area contributed by atoms with Crippen LogP contribution in [0.1, 0.15) is 6.92 Å². The molecule has 0 heterocycles. The first-order valence-corrected chi connectivity index (χ1v) is 2.15. The minimum atomic E-state index is 0.248. The van der Waals surface area contributed by atoms with E-state index >= 15 is 0 Å². The third-order valence-electron chi connectivity index (χ3n) is 0.314. The van der Waals surface area contributed by atoms with E-state index in [1.807, 2.05) is 6.92 Å². The zero-order chi connectivity index (χ0) is 4.99. The zero-order valence-electron chi connectivity index (χ0n) is 3.64. The molecule has 0 aromatic heterocycles. The van der Waals surface area contributed by atoms with E-state index in [-0.39, 0.29) is 5.11 Å². The van der Waals surface area contributed by atoms with Crippen LogP contribution >= 0.6 is 12.2 Å². The molecule has 0 amide bonds. The first-order valence-electron chi connectivity index (χ1n) is 1.74. The van der Waals surface area contributed by atoms with Crippen LogP contribution < -0.4 is 11.1 Å². The molecule has 0 atom stereocenters. The minimum Gasteiger partial charge on any atom is -0.375 e. The fraction of sp³-hybridized carbons (Fsp3) is 0.667. The van der Waals surface area contributed by atoms with Gasteiger partial charge in [0.2, 0.25) is 0 Å². The van der Waals surface area contributed by atoms with Gasteiger partial charge in [0.25, 0.3) is 0 Å². The quantitative estimate of drug-likeness (QED) is 0.469. The Balaban J connectivity index is 2.83. The van der Waals surface area contributed by atoms with Gasteiger partial charge in [-0.05, 0) is 19.1 Å². The molecule has 3 heteroatoms. The van der Waals surface area contributed by atoms with Crippen molar-refractivity contribution in [3.8, 4) is 0 Å². The molecule has 0 aromatic carbocycles. The van der Waals surface area contributed by atoms with E-state index in [2.05, 4.69) is 17.5 Å². The van der Waals surface area contributed by atoms with Gasteiger partial charge in [0.05, 0.1) is 0 Å². The normalized spacial score (nSPS) is 7.50. The number of hydrogen-bond acceptors (Lipinski definition) is 1. The number of hydrogen-bond donors (Lipinski definition) is 1. The summed E-state index contributed by atoms with van der Waals surface area (Å²) in [5.74, 6) is 0. The Hall–Kier alpha value is -0.310. The lowest BCUT2D eigenvalue weighted by Gasteiger charge is -1.88. The predicted octanol–water partition coefficient (Wildman–Crippen LogP) is -0.146. The van der Waals surface area contributed by atoms with Crippen molar-refractivity contribution < 1.29 is 0 Å². The van der Waals surface area contributed by atoms with Gasteiger partial charge in [-0.25, -0.2) is 0 Å².